The standard InChI is InChI=1S/C15H20FN3O2.C7H8O3S/c1-15(2,3)19-14-18-12-5-4-11(6-13(12)21-14)20-9-10(7-16)8-17;1-6-2-4-7(5-3-6)11(8,9)10/h4-7H,8-9,17H2,1-3H3,(H,18,19);2-5H,1H3,(H,8,9,10). The average Bonchev–Trinajstić information content (AvgIpc) is 3.08. The third-order valence-corrected chi connectivity index (χ3v) is 4.87. The molecule has 0 aliphatic carbocycles. The number of aryl methyl sites for hydroxylation is 1. The second kappa shape index (κ2) is 10.6. The van der Waals surface area contributed by atoms with E-state index in [4.69, 9.17) is 19.4 Å². The Hall–Kier alpha value is -2.95. The van der Waals surface area contributed by atoms with E-state index in [1.807, 2.05) is 27.7 Å². The Labute approximate surface area is 187 Å². The van der Waals surface area contributed by atoms with E-state index < -0.39 is 10.1 Å². The summed E-state index contributed by atoms with van der Waals surface area (Å²) < 4.78 is 53.1. The van der Waals surface area contributed by atoms with E-state index in [1.54, 1.807) is 30.3 Å². The molecule has 10 heteroatoms. The zero-order chi connectivity index (χ0) is 23.9. The van der Waals surface area contributed by atoms with E-state index in [-0.39, 0.29) is 23.6 Å². The molecular weight excluding hydrogens is 437 g/mol. The maximum atomic E-state index is 12.4. The second-order valence-electron chi connectivity index (χ2n) is 8.07. The summed E-state index contributed by atoms with van der Waals surface area (Å²) in [5, 5.41) is 3.16. The molecule has 1 aromatic heterocycles. The van der Waals surface area contributed by atoms with Crippen molar-refractivity contribution in [3.8, 4) is 5.75 Å². The highest BCUT2D eigenvalue weighted by Crippen LogP contribution is 2.25. The summed E-state index contributed by atoms with van der Waals surface area (Å²) in [6.07, 6.45) is 0.471. The van der Waals surface area contributed by atoms with E-state index in [0.717, 1.165) is 11.1 Å². The summed E-state index contributed by atoms with van der Waals surface area (Å²) in [6.45, 7) is 8.14. The molecule has 0 bridgehead atoms. The van der Waals surface area contributed by atoms with Gasteiger partial charge in [0.05, 0.1) is 11.2 Å². The lowest BCUT2D eigenvalue weighted by Gasteiger charge is -2.18. The molecule has 3 aromatic rings. The lowest BCUT2D eigenvalue weighted by Crippen LogP contribution is -2.26. The molecule has 2 aromatic carbocycles. The van der Waals surface area contributed by atoms with Crippen molar-refractivity contribution in [3.63, 3.8) is 0 Å². The molecule has 3 rings (SSSR count). The van der Waals surface area contributed by atoms with Crippen LogP contribution in [-0.4, -0.2) is 36.6 Å². The lowest BCUT2D eigenvalue weighted by molar-refractivity contribution is 0.347. The number of ether oxygens (including phenoxy) is 1. The maximum absolute atomic E-state index is 12.4. The largest absolute Gasteiger partial charge is 0.489 e. The molecule has 0 atom stereocenters. The molecule has 0 unspecified atom stereocenters. The van der Waals surface area contributed by atoms with Crippen molar-refractivity contribution in [2.75, 3.05) is 18.5 Å². The van der Waals surface area contributed by atoms with Gasteiger partial charge in [-0.2, -0.15) is 13.4 Å². The van der Waals surface area contributed by atoms with Crippen molar-refractivity contribution in [1.82, 2.24) is 4.98 Å². The molecule has 8 nitrogen and oxygen atoms in total. The van der Waals surface area contributed by atoms with Gasteiger partial charge in [0.2, 0.25) is 0 Å². The molecule has 1 heterocycles. The minimum absolute atomic E-state index is 0.0666. The zero-order valence-electron chi connectivity index (χ0n) is 18.4. The normalized spacial score (nSPS) is 12.3. The Balaban J connectivity index is 0.000000278. The summed E-state index contributed by atoms with van der Waals surface area (Å²) in [6, 6.07) is 11.7. The first-order valence-electron chi connectivity index (χ1n) is 9.75. The highest BCUT2D eigenvalue weighted by Gasteiger charge is 2.14. The molecule has 0 saturated heterocycles. The number of oxazole rings is 1. The fourth-order valence-electron chi connectivity index (χ4n) is 2.39. The number of hydrogen-bond acceptors (Lipinski definition) is 7. The molecule has 174 valence electrons. The van der Waals surface area contributed by atoms with Crippen LogP contribution in [0.5, 0.6) is 5.75 Å². The number of anilines is 1. The van der Waals surface area contributed by atoms with Crippen LogP contribution in [-0.2, 0) is 10.1 Å². The van der Waals surface area contributed by atoms with Gasteiger partial charge in [0.15, 0.2) is 5.58 Å². The lowest BCUT2D eigenvalue weighted by atomic mass is 10.1. The molecular formula is C22H28FN3O5S. The third kappa shape index (κ3) is 7.95. The quantitative estimate of drug-likeness (QED) is 0.455. The Morgan fingerprint density at radius 2 is 1.91 bits per heavy atom. The van der Waals surface area contributed by atoms with Crippen LogP contribution in [0.25, 0.3) is 11.1 Å². The minimum Gasteiger partial charge on any atom is -0.489 e. The summed E-state index contributed by atoms with van der Waals surface area (Å²) in [7, 11) is -4.02. The number of nitrogens with one attached hydrogen (secondary N) is 1. The Morgan fingerprint density at radius 1 is 1.25 bits per heavy atom. The van der Waals surface area contributed by atoms with Crippen molar-refractivity contribution < 1.29 is 26.5 Å². The van der Waals surface area contributed by atoms with Gasteiger partial charge in [-0.25, -0.2) is 4.39 Å². The first-order valence-corrected chi connectivity index (χ1v) is 11.2. The van der Waals surface area contributed by atoms with Crippen LogP contribution >= 0.6 is 0 Å². The Bertz CT molecular complexity index is 1170. The van der Waals surface area contributed by atoms with E-state index in [0.29, 0.717) is 29.3 Å². The second-order valence-corrected chi connectivity index (χ2v) is 9.49. The van der Waals surface area contributed by atoms with E-state index >= 15 is 0 Å². The van der Waals surface area contributed by atoms with Crippen LogP contribution in [0.2, 0.25) is 0 Å². The van der Waals surface area contributed by atoms with Crippen molar-refractivity contribution in [3.05, 3.63) is 59.9 Å². The summed E-state index contributed by atoms with van der Waals surface area (Å²) in [5.74, 6) is 0.578. The van der Waals surface area contributed by atoms with Crippen LogP contribution in [0.4, 0.5) is 10.4 Å². The van der Waals surface area contributed by atoms with E-state index in [2.05, 4.69) is 10.3 Å². The molecule has 0 aliphatic rings. The molecule has 0 radical (unpaired) electrons. The topological polar surface area (TPSA) is 128 Å². The van der Waals surface area contributed by atoms with E-state index in [1.165, 1.54) is 12.1 Å². The van der Waals surface area contributed by atoms with Crippen molar-refractivity contribution in [2.45, 2.75) is 38.1 Å². The van der Waals surface area contributed by atoms with Gasteiger partial charge in [-0.1, -0.05) is 17.7 Å². The number of halogens is 1. The van der Waals surface area contributed by atoms with Gasteiger partial charge in [-0.15, -0.1) is 0 Å². The maximum Gasteiger partial charge on any atom is 0.296 e. The SMILES string of the molecule is CC(C)(C)Nc1nc2ccc(OCC(=CF)CN)cc2o1.Cc1ccc(S(=O)(=O)O)cc1. The predicted molar refractivity (Wildman–Crippen MR) is 122 cm³/mol. The van der Waals surface area contributed by atoms with Crippen LogP contribution in [0.1, 0.15) is 26.3 Å². The first-order chi connectivity index (χ1) is 14.9. The van der Waals surface area contributed by atoms with Gasteiger partial charge in [0, 0.05) is 23.7 Å². The average molecular weight is 466 g/mol. The van der Waals surface area contributed by atoms with Gasteiger partial charge in [0.25, 0.3) is 16.1 Å². The number of nitrogens with zero attached hydrogens (tertiary/aromatic N) is 1. The van der Waals surface area contributed by atoms with Crippen LogP contribution in [0, 0.1) is 6.92 Å². The number of rotatable bonds is 6. The fraction of sp³-hybridized carbons (Fsp3) is 0.318. The molecule has 4 N–H and O–H groups in total. The van der Waals surface area contributed by atoms with Crippen LogP contribution in [0.15, 0.2) is 63.7 Å². The highest BCUT2D eigenvalue weighted by atomic mass is 32.2. The van der Waals surface area contributed by atoms with E-state index in [9.17, 15) is 12.8 Å². The van der Waals surface area contributed by atoms with Crippen molar-refractivity contribution in [1.29, 1.82) is 0 Å². The molecule has 0 saturated carbocycles. The number of benzene rings is 2. The van der Waals surface area contributed by atoms with Gasteiger partial charge < -0.3 is 20.2 Å². The molecule has 0 fully saturated rings. The molecule has 0 aliphatic heterocycles. The Morgan fingerprint density at radius 3 is 2.44 bits per heavy atom. The molecule has 0 amide bonds. The summed E-state index contributed by atoms with van der Waals surface area (Å²) >= 11 is 0. The number of nitrogens with two attached hydrogens (primary N) is 1. The van der Waals surface area contributed by atoms with Gasteiger partial charge in [0.1, 0.15) is 17.9 Å². The van der Waals surface area contributed by atoms with Crippen molar-refractivity contribution in [2.24, 2.45) is 5.73 Å². The smallest absolute Gasteiger partial charge is 0.296 e. The van der Waals surface area contributed by atoms with Gasteiger partial charge in [-0.05, 0) is 52.0 Å². The minimum atomic E-state index is -4.02. The Kier molecular flexibility index (Phi) is 8.37. The monoisotopic (exact) mass is 465 g/mol. The summed E-state index contributed by atoms with van der Waals surface area (Å²) in [4.78, 5) is 4.28. The van der Waals surface area contributed by atoms with Crippen LogP contribution in [0.3, 0.4) is 0 Å². The molecule has 32 heavy (non-hydrogen) atoms. The molecule has 0 spiro atoms. The highest BCUT2D eigenvalue weighted by molar-refractivity contribution is 7.85. The van der Waals surface area contributed by atoms with Gasteiger partial charge in [-0.3, -0.25) is 4.55 Å². The fourth-order valence-corrected chi connectivity index (χ4v) is 2.87. The third-order valence-electron chi connectivity index (χ3n) is 4.00. The number of fused-ring (bicyclic) bond motifs is 1. The first kappa shape index (κ1) is 25.3. The van der Waals surface area contributed by atoms with Crippen LogP contribution < -0.4 is 15.8 Å². The van der Waals surface area contributed by atoms with Gasteiger partial charge >= 0.3 is 0 Å². The van der Waals surface area contributed by atoms with Crippen molar-refractivity contribution >= 4 is 27.2 Å². The number of aromatic nitrogens is 1. The zero-order valence-corrected chi connectivity index (χ0v) is 19.2. The predicted octanol–water partition coefficient (Wildman–Crippen LogP) is 4.47. The summed E-state index contributed by atoms with van der Waals surface area (Å²) in [5.41, 5.74) is 7.93. The number of hydrogen-bond donors (Lipinski definition) is 3.